The van der Waals surface area contributed by atoms with Crippen LogP contribution in [0.25, 0.3) is 22.6 Å². The van der Waals surface area contributed by atoms with E-state index in [0.717, 1.165) is 39.5 Å². The van der Waals surface area contributed by atoms with Gasteiger partial charge in [0.1, 0.15) is 30.0 Å². The second-order valence-electron chi connectivity index (χ2n) is 8.33. The van der Waals surface area contributed by atoms with Gasteiger partial charge in [0.2, 0.25) is 0 Å². The zero-order chi connectivity index (χ0) is 24.8. The monoisotopic (exact) mass is 474 g/mol. The molecule has 9 heteroatoms. The molecule has 3 heterocycles. The number of pyridine rings is 1. The molecule has 1 aromatic carbocycles. The normalized spacial score (nSPS) is 11.9. The highest BCUT2D eigenvalue weighted by atomic mass is 16.5. The first-order valence-corrected chi connectivity index (χ1v) is 11.5. The summed E-state index contributed by atoms with van der Waals surface area (Å²) in [6, 6.07) is 11.5. The van der Waals surface area contributed by atoms with Crippen molar-refractivity contribution < 1.29 is 14.4 Å². The maximum Gasteiger partial charge on any atom is 0.162 e. The molecule has 0 aliphatic rings. The molecule has 0 amide bonds. The van der Waals surface area contributed by atoms with Gasteiger partial charge in [0.05, 0.1) is 17.0 Å². The minimum Gasteiger partial charge on any atom is -0.491 e. The van der Waals surface area contributed by atoms with Crippen LogP contribution in [0.3, 0.4) is 0 Å². The van der Waals surface area contributed by atoms with Crippen molar-refractivity contribution in [2.75, 3.05) is 25.5 Å². The maximum absolute atomic E-state index is 9.97. The predicted octanol–water partition coefficient (Wildman–Crippen LogP) is 3.69. The second kappa shape index (κ2) is 11.1. The molecule has 0 saturated carbocycles. The number of nitrogens with one attached hydrogen (secondary N) is 2. The fraction of sp³-hybridized carbons (Fsp3) is 0.308. The number of rotatable bonds is 10. The number of hydrogen-bond donors (Lipinski definition) is 3. The third kappa shape index (κ3) is 5.82. The average molecular weight is 475 g/mol. The summed E-state index contributed by atoms with van der Waals surface area (Å²) in [6.45, 7) is 7.00. The molecule has 0 radical (unpaired) electrons. The van der Waals surface area contributed by atoms with Crippen LogP contribution in [0.2, 0.25) is 0 Å². The van der Waals surface area contributed by atoms with Crippen molar-refractivity contribution in [3.8, 4) is 28.4 Å². The minimum atomic E-state index is -0.602. The highest BCUT2D eigenvalue weighted by molar-refractivity contribution is 5.74. The molecular weight excluding hydrogens is 444 g/mol. The molecule has 9 nitrogen and oxygen atoms in total. The van der Waals surface area contributed by atoms with Crippen molar-refractivity contribution in [1.29, 1.82) is 0 Å². The summed E-state index contributed by atoms with van der Waals surface area (Å²) >= 11 is 0. The Morgan fingerprint density at radius 2 is 1.89 bits per heavy atom. The summed E-state index contributed by atoms with van der Waals surface area (Å²) in [5.41, 5.74) is 5.19. The van der Waals surface area contributed by atoms with Crippen LogP contribution in [-0.4, -0.2) is 51.5 Å². The van der Waals surface area contributed by atoms with E-state index in [2.05, 4.69) is 20.8 Å². The molecule has 4 rings (SSSR count). The molecule has 0 bridgehead atoms. The predicted molar refractivity (Wildman–Crippen MR) is 134 cm³/mol. The van der Waals surface area contributed by atoms with Crippen LogP contribution >= 0.6 is 0 Å². The van der Waals surface area contributed by atoms with Gasteiger partial charge < -0.3 is 25.0 Å². The Balaban J connectivity index is 1.71. The van der Waals surface area contributed by atoms with E-state index in [1.165, 1.54) is 0 Å². The van der Waals surface area contributed by atoms with E-state index < -0.39 is 6.10 Å². The van der Waals surface area contributed by atoms with Crippen molar-refractivity contribution in [2.45, 2.75) is 33.4 Å². The van der Waals surface area contributed by atoms with Crippen LogP contribution in [0.4, 0.5) is 5.82 Å². The molecule has 0 fully saturated rings. The SMILES string of the molecule is CNCC(O)COc1cccc(-c2nc(NCc3ccncc3)c(C)c(-c3c(C)noc3C)n2)c1. The van der Waals surface area contributed by atoms with E-state index in [1.807, 2.05) is 57.2 Å². The lowest BCUT2D eigenvalue weighted by Gasteiger charge is -2.15. The number of likely N-dealkylation sites (N-methyl/N-ethyl adjacent to an activating group) is 1. The van der Waals surface area contributed by atoms with Crippen LogP contribution in [0.15, 0.2) is 53.3 Å². The number of aryl methyl sites for hydroxylation is 2. The number of anilines is 1. The summed E-state index contributed by atoms with van der Waals surface area (Å²) in [6.07, 6.45) is 2.93. The maximum atomic E-state index is 9.97. The Morgan fingerprint density at radius 3 is 2.60 bits per heavy atom. The second-order valence-corrected chi connectivity index (χ2v) is 8.33. The summed E-state index contributed by atoms with van der Waals surface area (Å²) in [5.74, 6) is 2.60. The Labute approximate surface area is 204 Å². The van der Waals surface area contributed by atoms with E-state index >= 15 is 0 Å². The number of ether oxygens (including phenoxy) is 1. The first-order chi connectivity index (χ1) is 17.0. The van der Waals surface area contributed by atoms with Gasteiger partial charge in [-0.25, -0.2) is 9.97 Å². The van der Waals surface area contributed by atoms with Crippen molar-refractivity contribution in [3.63, 3.8) is 0 Å². The molecule has 1 atom stereocenters. The van der Waals surface area contributed by atoms with E-state index in [-0.39, 0.29) is 6.61 Å². The fourth-order valence-electron chi connectivity index (χ4n) is 3.78. The molecule has 0 aliphatic heterocycles. The Kier molecular flexibility index (Phi) is 7.69. The van der Waals surface area contributed by atoms with Crippen LogP contribution in [0, 0.1) is 20.8 Å². The van der Waals surface area contributed by atoms with Crippen molar-refractivity contribution in [2.24, 2.45) is 0 Å². The highest BCUT2D eigenvalue weighted by Crippen LogP contribution is 2.33. The quantitative estimate of drug-likeness (QED) is 0.316. The lowest BCUT2D eigenvalue weighted by atomic mass is 10.0. The van der Waals surface area contributed by atoms with Crippen molar-refractivity contribution in [1.82, 2.24) is 25.4 Å². The summed E-state index contributed by atoms with van der Waals surface area (Å²) < 4.78 is 11.2. The molecular formula is C26H30N6O3. The van der Waals surface area contributed by atoms with E-state index in [1.54, 1.807) is 19.4 Å². The molecule has 0 spiro atoms. The van der Waals surface area contributed by atoms with Gasteiger partial charge >= 0.3 is 0 Å². The first kappa shape index (κ1) is 24.3. The van der Waals surface area contributed by atoms with Crippen molar-refractivity contribution in [3.05, 3.63) is 71.4 Å². The molecule has 1 unspecified atom stereocenters. The first-order valence-electron chi connectivity index (χ1n) is 11.5. The lowest BCUT2D eigenvalue weighted by Crippen LogP contribution is -2.29. The minimum absolute atomic E-state index is 0.183. The number of nitrogens with zero attached hydrogens (tertiary/aromatic N) is 4. The van der Waals surface area contributed by atoms with Gasteiger partial charge in [0.15, 0.2) is 5.82 Å². The third-order valence-corrected chi connectivity index (χ3v) is 5.60. The van der Waals surface area contributed by atoms with Crippen molar-refractivity contribution >= 4 is 5.82 Å². The summed E-state index contributed by atoms with van der Waals surface area (Å²) in [5, 5.41) is 20.5. The number of aliphatic hydroxyl groups is 1. The molecule has 3 N–H and O–H groups in total. The zero-order valence-corrected chi connectivity index (χ0v) is 20.4. The smallest absolute Gasteiger partial charge is 0.162 e. The zero-order valence-electron chi connectivity index (χ0n) is 20.4. The van der Waals surface area contributed by atoms with Crippen LogP contribution in [0.5, 0.6) is 5.75 Å². The van der Waals surface area contributed by atoms with Gasteiger partial charge in [-0.2, -0.15) is 0 Å². The average Bonchev–Trinajstić information content (AvgIpc) is 3.20. The van der Waals surface area contributed by atoms with Gasteiger partial charge in [0.25, 0.3) is 0 Å². The van der Waals surface area contributed by atoms with Gasteiger partial charge in [-0.05, 0) is 57.6 Å². The Morgan fingerprint density at radius 1 is 1.09 bits per heavy atom. The summed E-state index contributed by atoms with van der Waals surface area (Å²) in [7, 11) is 1.79. The third-order valence-electron chi connectivity index (χ3n) is 5.60. The van der Waals surface area contributed by atoms with Crippen LogP contribution in [0.1, 0.15) is 22.6 Å². The molecule has 0 aliphatic carbocycles. The largest absolute Gasteiger partial charge is 0.491 e. The number of hydrogen-bond acceptors (Lipinski definition) is 9. The van der Waals surface area contributed by atoms with E-state index in [4.69, 9.17) is 19.2 Å². The fourth-order valence-corrected chi connectivity index (χ4v) is 3.78. The number of aliphatic hydroxyl groups excluding tert-OH is 1. The topological polar surface area (TPSA) is 118 Å². The molecule has 4 aromatic rings. The molecule has 0 saturated heterocycles. The van der Waals surface area contributed by atoms with Gasteiger partial charge in [-0.15, -0.1) is 0 Å². The van der Waals surface area contributed by atoms with E-state index in [9.17, 15) is 5.11 Å². The Hall–Kier alpha value is -3.82. The number of benzene rings is 1. The standard InChI is InChI=1S/C26H30N6O3/c1-16-24(23-17(2)32-35-18(23)3)30-26(31-25(16)29-13-19-8-10-28-11-9-19)20-6-5-7-22(12-20)34-15-21(33)14-27-4/h5-12,21,27,33H,13-15H2,1-4H3,(H,29,30,31). The van der Waals surface area contributed by atoms with Gasteiger partial charge in [0, 0.05) is 36.6 Å². The Bertz CT molecular complexity index is 1260. The van der Waals surface area contributed by atoms with Crippen LogP contribution < -0.4 is 15.4 Å². The lowest BCUT2D eigenvalue weighted by molar-refractivity contribution is 0.108. The summed E-state index contributed by atoms with van der Waals surface area (Å²) in [4.78, 5) is 13.8. The number of aromatic nitrogens is 4. The molecule has 35 heavy (non-hydrogen) atoms. The highest BCUT2D eigenvalue weighted by Gasteiger charge is 2.20. The van der Waals surface area contributed by atoms with Gasteiger partial charge in [-0.3, -0.25) is 4.98 Å². The molecule has 3 aromatic heterocycles. The van der Waals surface area contributed by atoms with Gasteiger partial charge in [-0.1, -0.05) is 17.3 Å². The van der Waals surface area contributed by atoms with Crippen LogP contribution in [-0.2, 0) is 6.54 Å². The molecule has 182 valence electrons. The van der Waals surface area contributed by atoms with E-state index in [0.29, 0.717) is 30.4 Å².